The molecule has 262 valence electrons. The summed E-state index contributed by atoms with van der Waals surface area (Å²) in [6.45, 7) is 4.91. The molecule has 3 aliphatic carbocycles. The second-order valence-electron chi connectivity index (χ2n) is 16.1. The summed E-state index contributed by atoms with van der Waals surface area (Å²) in [5.74, 6) is 0.792. The Hall–Kier alpha value is -5.41. The number of allylic oxidation sites excluding steroid dienone is 9. The van der Waals surface area contributed by atoms with E-state index in [1.165, 1.54) is 73.1 Å². The highest BCUT2D eigenvalue weighted by atomic mass is 15.2. The van der Waals surface area contributed by atoms with E-state index >= 15 is 0 Å². The van der Waals surface area contributed by atoms with E-state index in [2.05, 4.69) is 163 Å². The first-order chi connectivity index (χ1) is 26.0. The quantitative estimate of drug-likeness (QED) is 0.212. The Morgan fingerprint density at radius 2 is 1.36 bits per heavy atom. The molecule has 0 spiro atoms. The van der Waals surface area contributed by atoms with Crippen LogP contribution >= 0.6 is 0 Å². The minimum atomic E-state index is 0.00857. The minimum Gasteiger partial charge on any atom is -0.314 e. The number of hydrogen-bond acceptors (Lipinski definition) is 3. The molecule has 0 N–H and O–H groups in total. The first-order valence-electron chi connectivity index (χ1n) is 19.7. The monoisotopic (exact) mass is 689 g/mol. The fraction of sp³-hybridized carbons (Fsp3) is 0.260. The number of aryl methyl sites for hydroxylation is 3. The van der Waals surface area contributed by atoms with Gasteiger partial charge >= 0.3 is 0 Å². The number of hydrogen-bond donors (Lipinski definition) is 0. The Bertz CT molecular complexity index is 2310. The number of aliphatic imine (C=N–C) groups is 1. The van der Waals surface area contributed by atoms with Crippen molar-refractivity contribution >= 4 is 28.8 Å². The number of para-hydroxylation sites is 3. The molecule has 4 aromatic carbocycles. The van der Waals surface area contributed by atoms with E-state index in [1.807, 2.05) is 0 Å². The normalized spacial score (nSPS) is 22.4. The zero-order chi connectivity index (χ0) is 35.5. The third-order valence-corrected chi connectivity index (χ3v) is 12.7. The van der Waals surface area contributed by atoms with Gasteiger partial charge in [-0.25, -0.2) is 0 Å². The third kappa shape index (κ3) is 5.52. The fourth-order valence-corrected chi connectivity index (χ4v) is 9.93. The Morgan fingerprint density at radius 3 is 2.06 bits per heavy atom. The predicted octanol–water partition coefficient (Wildman–Crippen LogP) is 12.2. The molecule has 0 aromatic heterocycles. The van der Waals surface area contributed by atoms with E-state index in [4.69, 9.17) is 4.99 Å². The Morgan fingerprint density at radius 1 is 0.679 bits per heavy atom. The van der Waals surface area contributed by atoms with Crippen LogP contribution < -0.4 is 9.80 Å². The summed E-state index contributed by atoms with van der Waals surface area (Å²) in [5.41, 5.74) is 19.1. The molecule has 3 heteroatoms. The average molecular weight is 690 g/mol. The largest absolute Gasteiger partial charge is 0.314 e. The fourth-order valence-electron chi connectivity index (χ4n) is 9.93. The van der Waals surface area contributed by atoms with Gasteiger partial charge in [-0.2, -0.15) is 0 Å². The number of rotatable bonds is 4. The van der Waals surface area contributed by atoms with Gasteiger partial charge in [0.15, 0.2) is 0 Å². The van der Waals surface area contributed by atoms with Crippen LogP contribution in [0.1, 0.15) is 85.3 Å². The summed E-state index contributed by atoms with van der Waals surface area (Å²) >= 11 is 0. The first-order valence-corrected chi connectivity index (χ1v) is 19.7. The van der Waals surface area contributed by atoms with Crippen molar-refractivity contribution in [1.82, 2.24) is 0 Å². The maximum atomic E-state index is 5.04. The van der Waals surface area contributed by atoms with Crippen LogP contribution in [-0.2, 0) is 24.7 Å². The average Bonchev–Trinajstić information content (AvgIpc) is 3.33. The van der Waals surface area contributed by atoms with Gasteiger partial charge in [0, 0.05) is 52.0 Å². The summed E-state index contributed by atoms with van der Waals surface area (Å²) in [6.07, 6.45) is 27.3. The van der Waals surface area contributed by atoms with Gasteiger partial charge in [-0.05, 0) is 132 Å². The molecular weight excluding hydrogens is 643 g/mol. The molecule has 6 aliphatic rings. The summed E-state index contributed by atoms with van der Waals surface area (Å²) in [5, 5.41) is 0. The van der Waals surface area contributed by atoms with Gasteiger partial charge in [-0.1, -0.05) is 117 Å². The summed E-state index contributed by atoms with van der Waals surface area (Å²) in [4.78, 5) is 10.1. The zero-order valence-electron chi connectivity index (χ0n) is 30.9. The molecule has 3 heterocycles. The van der Waals surface area contributed by atoms with E-state index in [9.17, 15) is 0 Å². The molecule has 0 radical (unpaired) electrons. The zero-order valence-corrected chi connectivity index (χ0v) is 30.9. The van der Waals surface area contributed by atoms with E-state index in [0.717, 1.165) is 57.1 Å². The minimum absolute atomic E-state index is 0.00857. The van der Waals surface area contributed by atoms with Gasteiger partial charge in [0.1, 0.15) is 0 Å². The van der Waals surface area contributed by atoms with Gasteiger partial charge in [0.2, 0.25) is 0 Å². The van der Waals surface area contributed by atoms with Crippen LogP contribution in [-0.4, -0.2) is 5.71 Å². The van der Waals surface area contributed by atoms with Crippen LogP contribution in [0.2, 0.25) is 0 Å². The molecule has 0 bridgehead atoms. The van der Waals surface area contributed by atoms with E-state index in [-0.39, 0.29) is 5.41 Å². The molecule has 3 aliphatic heterocycles. The van der Waals surface area contributed by atoms with Crippen LogP contribution in [0.25, 0.3) is 6.08 Å². The van der Waals surface area contributed by atoms with Gasteiger partial charge < -0.3 is 9.80 Å². The highest BCUT2D eigenvalue weighted by molar-refractivity contribution is 5.99. The number of anilines is 3. The van der Waals surface area contributed by atoms with Gasteiger partial charge in [-0.15, -0.1) is 0 Å². The lowest BCUT2D eigenvalue weighted by Gasteiger charge is -2.36. The molecule has 4 aromatic rings. The lowest BCUT2D eigenvalue weighted by atomic mass is 9.74. The molecule has 2 atom stereocenters. The van der Waals surface area contributed by atoms with E-state index < -0.39 is 0 Å². The Kier molecular flexibility index (Phi) is 7.86. The maximum Gasteiger partial charge on any atom is 0.0491 e. The molecule has 0 saturated heterocycles. The summed E-state index contributed by atoms with van der Waals surface area (Å²) in [6, 6.07) is 34.0. The van der Waals surface area contributed by atoms with Crippen LogP contribution in [0.4, 0.5) is 17.1 Å². The number of fused-ring (bicyclic) bond motifs is 6. The third-order valence-electron chi connectivity index (χ3n) is 12.7. The molecule has 3 nitrogen and oxygen atoms in total. The summed E-state index contributed by atoms with van der Waals surface area (Å²) in [7, 11) is 0. The number of benzene rings is 4. The van der Waals surface area contributed by atoms with Gasteiger partial charge in [0.05, 0.1) is 0 Å². The molecular formula is C50H47N3. The van der Waals surface area contributed by atoms with Crippen molar-refractivity contribution in [3.63, 3.8) is 0 Å². The van der Waals surface area contributed by atoms with Gasteiger partial charge in [-0.3, -0.25) is 4.99 Å². The van der Waals surface area contributed by atoms with E-state index in [1.54, 1.807) is 0 Å². The standard InChI is InChI=1S/C50H47N3/c1-50(2)44-31-34(19-25-39-26-27-41(33-51-39)53-48-17-9-5-13-37(48)23-24-38-14-6-10-18-49(38)53)20-29-42(44)43-30-28-40(32-45(43)50)52-46-15-7-3-11-35(46)21-22-36-12-4-8-16-47(36)52/h3-7,9-15,17-20,25,28-33,43,45H,8,16,21-24,26-27H2,1-2H3/b25-19+. The second-order valence-corrected chi connectivity index (χ2v) is 16.1. The lowest BCUT2D eigenvalue weighted by Crippen LogP contribution is -2.30. The van der Waals surface area contributed by atoms with Crippen molar-refractivity contribution in [2.24, 2.45) is 10.9 Å². The Labute approximate surface area is 314 Å². The van der Waals surface area contributed by atoms with Crippen molar-refractivity contribution in [1.29, 1.82) is 0 Å². The lowest BCUT2D eigenvalue weighted by molar-refractivity contribution is 0.392. The maximum absolute atomic E-state index is 5.04. The topological polar surface area (TPSA) is 18.8 Å². The van der Waals surface area contributed by atoms with Gasteiger partial charge in [0.25, 0.3) is 0 Å². The Balaban J connectivity index is 0.929. The first kappa shape index (κ1) is 32.3. The molecule has 0 saturated carbocycles. The van der Waals surface area contributed by atoms with Crippen molar-refractivity contribution < 1.29 is 0 Å². The number of nitrogens with zero attached hydrogens (tertiary/aromatic N) is 3. The molecule has 2 unspecified atom stereocenters. The molecule has 10 rings (SSSR count). The van der Waals surface area contributed by atoms with Crippen molar-refractivity contribution in [3.05, 3.63) is 190 Å². The molecule has 0 amide bonds. The van der Waals surface area contributed by atoms with Crippen LogP contribution in [0.15, 0.2) is 161 Å². The summed E-state index contributed by atoms with van der Waals surface area (Å²) < 4.78 is 0. The smallest absolute Gasteiger partial charge is 0.0491 e. The molecule has 0 fully saturated rings. The van der Waals surface area contributed by atoms with Crippen LogP contribution in [0.3, 0.4) is 0 Å². The second kappa shape index (κ2) is 12.9. The highest BCUT2D eigenvalue weighted by Crippen LogP contribution is 2.55. The van der Waals surface area contributed by atoms with Crippen LogP contribution in [0, 0.1) is 5.92 Å². The van der Waals surface area contributed by atoms with Crippen LogP contribution in [0.5, 0.6) is 0 Å². The molecule has 53 heavy (non-hydrogen) atoms. The van der Waals surface area contributed by atoms with Crippen molar-refractivity contribution in [3.8, 4) is 0 Å². The predicted molar refractivity (Wildman–Crippen MR) is 222 cm³/mol. The highest BCUT2D eigenvalue weighted by Gasteiger charge is 2.46. The van der Waals surface area contributed by atoms with Crippen molar-refractivity contribution in [2.75, 3.05) is 9.80 Å². The van der Waals surface area contributed by atoms with Crippen molar-refractivity contribution in [2.45, 2.75) is 76.5 Å². The SMILES string of the molecule is CC1(C)c2cc(/C=C/C3=NC=C(N4c5ccccc5CCc5ccccc54)CC3)ccc2C2C=CC(N3C4=C(C=CCC4)CCc4ccccc43)=CC21. The van der Waals surface area contributed by atoms with E-state index in [0.29, 0.717) is 11.8 Å².